The Labute approximate surface area is 90.5 Å². The van der Waals surface area contributed by atoms with Crippen molar-refractivity contribution in [1.29, 1.82) is 0 Å². The van der Waals surface area contributed by atoms with Crippen molar-refractivity contribution in [3.8, 4) is 0 Å². The van der Waals surface area contributed by atoms with Gasteiger partial charge in [-0.2, -0.15) is 0 Å². The van der Waals surface area contributed by atoms with E-state index in [0.717, 1.165) is 23.7 Å². The van der Waals surface area contributed by atoms with Crippen molar-refractivity contribution in [2.24, 2.45) is 23.7 Å². The Morgan fingerprint density at radius 1 is 1.00 bits per heavy atom. The van der Waals surface area contributed by atoms with Gasteiger partial charge in [0.2, 0.25) is 0 Å². The van der Waals surface area contributed by atoms with Gasteiger partial charge in [-0.25, -0.2) is 0 Å². The van der Waals surface area contributed by atoms with Gasteiger partial charge in [0.05, 0.1) is 0 Å². The van der Waals surface area contributed by atoms with E-state index in [1.54, 1.807) is 0 Å². The zero-order chi connectivity index (χ0) is 10.6. The van der Waals surface area contributed by atoms with E-state index < -0.39 is 0 Å². The maximum atomic E-state index is 2.41. The van der Waals surface area contributed by atoms with Crippen LogP contribution >= 0.6 is 0 Å². The van der Waals surface area contributed by atoms with Crippen molar-refractivity contribution in [3.05, 3.63) is 0 Å². The molecular weight excluding hydrogens is 168 g/mol. The minimum atomic E-state index is 0.916. The Hall–Kier alpha value is 0. The Balaban J connectivity index is 2.22. The highest BCUT2D eigenvalue weighted by Crippen LogP contribution is 2.36. The van der Waals surface area contributed by atoms with Gasteiger partial charge in [-0.05, 0) is 42.9 Å². The first-order valence-corrected chi connectivity index (χ1v) is 6.63. The second kappa shape index (κ2) is 5.78. The third-order valence-corrected chi connectivity index (χ3v) is 4.27. The van der Waals surface area contributed by atoms with Crippen LogP contribution in [0.15, 0.2) is 0 Å². The van der Waals surface area contributed by atoms with Crippen molar-refractivity contribution in [3.63, 3.8) is 0 Å². The molecule has 84 valence electrons. The molecule has 1 rings (SSSR count). The first-order valence-electron chi connectivity index (χ1n) is 6.63. The molecule has 1 aliphatic rings. The molecule has 0 heterocycles. The van der Waals surface area contributed by atoms with Crippen LogP contribution in [0, 0.1) is 23.7 Å². The fourth-order valence-electron chi connectivity index (χ4n) is 2.83. The molecule has 0 nitrogen and oxygen atoms in total. The Bertz CT molecular complexity index is 140. The van der Waals surface area contributed by atoms with Gasteiger partial charge >= 0.3 is 0 Å². The van der Waals surface area contributed by atoms with Crippen molar-refractivity contribution >= 4 is 0 Å². The quantitative estimate of drug-likeness (QED) is 0.601. The maximum absolute atomic E-state index is 2.41. The summed E-state index contributed by atoms with van der Waals surface area (Å²) in [5, 5.41) is 0. The van der Waals surface area contributed by atoms with Gasteiger partial charge in [0.25, 0.3) is 0 Å². The van der Waals surface area contributed by atoms with Crippen LogP contribution in [0.2, 0.25) is 0 Å². The van der Waals surface area contributed by atoms with E-state index in [4.69, 9.17) is 0 Å². The first-order chi connectivity index (χ1) is 6.63. The summed E-state index contributed by atoms with van der Waals surface area (Å²) in [4.78, 5) is 0. The monoisotopic (exact) mass is 196 g/mol. The summed E-state index contributed by atoms with van der Waals surface area (Å²) in [5.74, 6) is 3.96. The van der Waals surface area contributed by atoms with Crippen molar-refractivity contribution in [2.75, 3.05) is 0 Å². The highest BCUT2D eigenvalue weighted by molar-refractivity contribution is 4.75. The summed E-state index contributed by atoms with van der Waals surface area (Å²) in [6.07, 6.45) is 8.86. The fourth-order valence-corrected chi connectivity index (χ4v) is 2.83. The van der Waals surface area contributed by atoms with Crippen molar-refractivity contribution in [1.82, 2.24) is 0 Å². The van der Waals surface area contributed by atoms with Crippen LogP contribution in [0.3, 0.4) is 0 Å². The van der Waals surface area contributed by atoms with E-state index in [2.05, 4.69) is 27.7 Å². The average molecular weight is 196 g/mol. The lowest BCUT2D eigenvalue weighted by atomic mass is 9.74. The van der Waals surface area contributed by atoms with Gasteiger partial charge in [0, 0.05) is 0 Å². The lowest BCUT2D eigenvalue weighted by molar-refractivity contribution is 0.201. The molecule has 0 saturated heterocycles. The molecular formula is C14H28. The third-order valence-electron chi connectivity index (χ3n) is 4.27. The highest BCUT2D eigenvalue weighted by atomic mass is 14.3. The number of rotatable bonds is 4. The van der Waals surface area contributed by atoms with Crippen LogP contribution < -0.4 is 0 Å². The second-order valence-corrected chi connectivity index (χ2v) is 5.77. The van der Waals surface area contributed by atoms with E-state index in [0.29, 0.717) is 0 Å². The smallest absolute Gasteiger partial charge is 0.0391 e. The average Bonchev–Trinajstić information content (AvgIpc) is 2.18. The predicted octanol–water partition coefficient (Wildman–Crippen LogP) is 4.89. The van der Waals surface area contributed by atoms with Gasteiger partial charge in [-0.3, -0.25) is 0 Å². The topological polar surface area (TPSA) is 0 Å². The summed E-state index contributed by atoms with van der Waals surface area (Å²) in [7, 11) is 0. The predicted molar refractivity (Wildman–Crippen MR) is 64.4 cm³/mol. The minimum absolute atomic E-state index is 0.916. The Morgan fingerprint density at radius 2 is 1.57 bits per heavy atom. The maximum Gasteiger partial charge on any atom is -0.0391 e. The van der Waals surface area contributed by atoms with E-state index in [1.165, 1.54) is 38.5 Å². The molecule has 14 heavy (non-hydrogen) atoms. The highest BCUT2D eigenvalue weighted by Gasteiger charge is 2.23. The molecule has 1 aliphatic carbocycles. The zero-order valence-electron chi connectivity index (χ0n) is 10.6. The molecule has 0 aromatic rings. The molecule has 0 heteroatoms. The molecule has 1 atom stereocenters. The van der Waals surface area contributed by atoms with Crippen LogP contribution in [-0.2, 0) is 0 Å². The largest absolute Gasteiger partial charge is 0.0651 e. The first kappa shape index (κ1) is 12.1. The van der Waals surface area contributed by atoms with Crippen LogP contribution in [-0.4, -0.2) is 0 Å². The summed E-state index contributed by atoms with van der Waals surface area (Å²) in [6.45, 7) is 9.51. The number of hydrogen-bond donors (Lipinski definition) is 0. The van der Waals surface area contributed by atoms with Crippen LogP contribution in [0.4, 0.5) is 0 Å². The molecule has 0 N–H and O–H groups in total. The van der Waals surface area contributed by atoms with Crippen molar-refractivity contribution < 1.29 is 0 Å². The van der Waals surface area contributed by atoms with Gasteiger partial charge in [-0.1, -0.05) is 47.0 Å². The van der Waals surface area contributed by atoms with Crippen LogP contribution in [0.25, 0.3) is 0 Å². The Morgan fingerprint density at radius 3 is 2.00 bits per heavy atom. The molecule has 0 spiro atoms. The standard InChI is InChI=1S/C14H28/c1-5-12(4)10-13-6-8-14(9-7-13)11(2)3/h11-14H,5-10H2,1-4H3. The molecule has 0 aliphatic heterocycles. The normalized spacial score (nSPS) is 30.6. The van der Waals surface area contributed by atoms with Gasteiger partial charge in [-0.15, -0.1) is 0 Å². The van der Waals surface area contributed by atoms with E-state index in [1.807, 2.05) is 0 Å². The van der Waals surface area contributed by atoms with Gasteiger partial charge in [0.15, 0.2) is 0 Å². The molecule has 1 fully saturated rings. The molecule has 0 aromatic heterocycles. The molecule has 0 bridgehead atoms. The van der Waals surface area contributed by atoms with Crippen molar-refractivity contribution in [2.45, 2.75) is 66.2 Å². The SMILES string of the molecule is CCC(C)CC1CCC(C(C)C)CC1. The minimum Gasteiger partial charge on any atom is -0.0651 e. The fraction of sp³-hybridized carbons (Fsp3) is 1.00. The van der Waals surface area contributed by atoms with Gasteiger partial charge in [0.1, 0.15) is 0 Å². The van der Waals surface area contributed by atoms with E-state index in [-0.39, 0.29) is 0 Å². The lowest BCUT2D eigenvalue weighted by Gasteiger charge is -2.32. The zero-order valence-corrected chi connectivity index (χ0v) is 10.6. The second-order valence-electron chi connectivity index (χ2n) is 5.77. The molecule has 0 aromatic carbocycles. The third kappa shape index (κ3) is 3.63. The molecule has 0 amide bonds. The summed E-state index contributed by atoms with van der Waals surface area (Å²) >= 11 is 0. The summed E-state index contributed by atoms with van der Waals surface area (Å²) in [5.41, 5.74) is 0. The lowest BCUT2D eigenvalue weighted by Crippen LogP contribution is -2.19. The summed E-state index contributed by atoms with van der Waals surface area (Å²) in [6, 6.07) is 0. The molecule has 1 unspecified atom stereocenters. The Kier molecular flexibility index (Phi) is 4.98. The van der Waals surface area contributed by atoms with Crippen LogP contribution in [0.1, 0.15) is 66.2 Å². The molecule has 1 saturated carbocycles. The summed E-state index contributed by atoms with van der Waals surface area (Å²) < 4.78 is 0. The number of hydrogen-bond acceptors (Lipinski definition) is 0. The van der Waals surface area contributed by atoms with E-state index in [9.17, 15) is 0 Å². The van der Waals surface area contributed by atoms with Gasteiger partial charge < -0.3 is 0 Å². The molecule has 0 radical (unpaired) electrons. The van der Waals surface area contributed by atoms with E-state index >= 15 is 0 Å². The van der Waals surface area contributed by atoms with Crippen LogP contribution in [0.5, 0.6) is 0 Å².